The second-order valence-corrected chi connectivity index (χ2v) is 3.74. The van der Waals surface area contributed by atoms with Crippen molar-refractivity contribution in [2.75, 3.05) is 18.0 Å². The van der Waals surface area contributed by atoms with E-state index in [0.29, 0.717) is 0 Å². The molecule has 1 saturated heterocycles. The van der Waals surface area contributed by atoms with Crippen LogP contribution in [0.3, 0.4) is 0 Å². The first-order valence-corrected chi connectivity index (χ1v) is 5.28. The predicted octanol–water partition coefficient (Wildman–Crippen LogP) is 1.88. The minimum absolute atomic E-state index is 0.818. The van der Waals surface area contributed by atoms with Crippen LogP contribution >= 0.6 is 0 Å². The zero-order valence-electron chi connectivity index (χ0n) is 8.63. The summed E-state index contributed by atoms with van der Waals surface area (Å²) in [6.07, 6.45) is 6.94. The van der Waals surface area contributed by atoms with Crippen molar-refractivity contribution in [2.45, 2.75) is 19.3 Å². The topological polar surface area (TPSA) is 48.7 Å². The van der Waals surface area contributed by atoms with E-state index in [-0.39, 0.29) is 0 Å². The zero-order chi connectivity index (χ0) is 10.5. The maximum absolute atomic E-state index is 8.37. The van der Waals surface area contributed by atoms with Gasteiger partial charge < -0.3 is 10.1 Å². The third kappa shape index (κ3) is 2.46. The summed E-state index contributed by atoms with van der Waals surface area (Å²) < 4.78 is 0. The van der Waals surface area contributed by atoms with Crippen molar-refractivity contribution in [2.24, 2.45) is 5.16 Å². The second kappa shape index (κ2) is 4.77. The molecule has 1 N–H and O–H groups in total. The van der Waals surface area contributed by atoms with Gasteiger partial charge in [0.05, 0.1) is 6.21 Å². The summed E-state index contributed by atoms with van der Waals surface area (Å²) in [4.78, 5) is 6.64. The molecular formula is C11H15N3O. The van der Waals surface area contributed by atoms with E-state index in [1.165, 1.54) is 25.5 Å². The van der Waals surface area contributed by atoms with E-state index in [0.717, 1.165) is 24.5 Å². The van der Waals surface area contributed by atoms with Gasteiger partial charge in [-0.05, 0) is 31.4 Å². The minimum Gasteiger partial charge on any atom is -0.411 e. The van der Waals surface area contributed by atoms with E-state index in [1.54, 1.807) is 6.20 Å². The fourth-order valence-corrected chi connectivity index (χ4v) is 1.85. The highest BCUT2D eigenvalue weighted by atomic mass is 16.4. The van der Waals surface area contributed by atoms with Crippen LogP contribution in [0.25, 0.3) is 0 Å². The van der Waals surface area contributed by atoms with Crippen LogP contribution in [0.1, 0.15) is 24.8 Å². The summed E-state index contributed by atoms with van der Waals surface area (Å²) in [6, 6.07) is 3.89. The Morgan fingerprint density at radius 2 is 2.07 bits per heavy atom. The molecule has 0 aromatic carbocycles. The van der Waals surface area contributed by atoms with E-state index in [9.17, 15) is 0 Å². The smallest absolute Gasteiger partial charge is 0.128 e. The lowest BCUT2D eigenvalue weighted by atomic mass is 10.1. The van der Waals surface area contributed by atoms with Crippen molar-refractivity contribution in [3.63, 3.8) is 0 Å². The summed E-state index contributed by atoms with van der Waals surface area (Å²) in [5, 5.41) is 11.3. The van der Waals surface area contributed by atoms with Gasteiger partial charge in [-0.1, -0.05) is 5.16 Å². The molecule has 4 nitrogen and oxygen atoms in total. The maximum atomic E-state index is 8.37. The maximum Gasteiger partial charge on any atom is 0.128 e. The van der Waals surface area contributed by atoms with Crippen molar-refractivity contribution >= 4 is 12.0 Å². The third-order valence-electron chi connectivity index (χ3n) is 2.66. The van der Waals surface area contributed by atoms with Gasteiger partial charge in [-0.3, -0.25) is 0 Å². The van der Waals surface area contributed by atoms with Crippen molar-refractivity contribution < 1.29 is 5.21 Å². The molecule has 0 amide bonds. The van der Waals surface area contributed by atoms with Crippen molar-refractivity contribution in [1.82, 2.24) is 4.98 Å². The number of hydrogen-bond donors (Lipinski definition) is 1. The van der Waals surface area contributed by atoms with Gasteiger partial charge in [-0.25, -0.2) is 4.98 Å². The molecule has 0 bridgehead atoms. The molecule has 0 saturated carbocycles. The average Bonchev–Trinajstić information content (AvgIpc) is 2.32. The van der Waals surface area contributed by atoms with Crippen LogP contribution in [0.2, 0.25) is 0 Å². The largest absolute Gasteiger partial charge is 0.411 e. The van der Waals surface area contributed by atoms with Gasteiger partial charge in [0.1, 0.15) is 5.82 Å². The summed E-state index contributed by atoms with van der Waals surface area (Å²) in [5.74, 6) is 1.02. The van der Waals surface area contributed by atoms with Gasteiger partial charge in [-0.15, -0.1) is 0 Å². The molecule has 2 rings (SSSR count). The lowest BCUT2D eigenvalue weighted by molar-refractivity contribution is 0.322. The highest BCUT2D eigenvalue weighted by molar-refractivity contribution is 5.78. The molecule has 1 aliphatic heterocycles. The number of rotatable bonds is 2. The number of hydrogen-bond acceptors (Lipinski definition) is 4. The zero-order valence-corrected chi connectivity index (χ0v) is 8.63. The Bertz CT molecular complexity index is 328. The van der Waals surface area contributed by atoms with Gasteiger partial charge in [0.2, 0.25) is 0 Å². The standard InChI is InChI=1S/C11H15N3O/c15-13-9-10-4-5-11(12-8-10)14-6-2-1-3-7-14/h4-5,8-9,15H,1-3,6-7H2/b13-9-. The lowest BCUT2D eigenvalue weighted by Gasteiger charge is -2.27. The average molecular weight is 205 g/mol. The molecule has 0 radical (unpaired) electrons. The van der Waals surface area contributed by atoms with Gasteiger partial charge in [0.15, 0.2) is 0 Å². The van der Waals surface area contributed by atoms with Gasteiger partial charge in [0, 0.05) is 24.8 Å². The molecule has 15 heavy (non-hydrogen) atoms. The Morgan fingerprint density at radius 1 is 1.27 bits per heavy atom. The number of aromatic nitrogens is 1. The van der Waals surface area contributed by atoms with Crippen molar-refractivity contribution in [3.05, 3.63) is 23.9 Å². The normalized spacial score (nSPS) is 17.2. The van der Waals surface area contributed by atoms with E-state index in [1.807, 2.05) is 12.1 Å². The molecule has 0 aliphatic carbocycles. The van der Waals surface area contributed by atoms with E-state index >= 15 is 0 Å². The Labute approximate surface area is 89.2 Å². The third-order valence-corrected chi connectivity index (χ3v) is 2.66. The first kappa shape index (κ1) is 9.96. The van der Waals surface area contributed by atoms with E-state index in [2.05, 4.69) is 15.0 Å². The number of oxime groups is 1. The van der Waals surface area contributed by atoms with Crippen LogP contribution in [-0.4, -0.2) is 29.5 Å². The first-order valence-electron chi connectivity index (χ1n) is 5.28. The number of anilines is 1. The highest BCUT2D eigenvalue weighted by Gasteiger charge is 2.11. The van der Waals surface area contributed by atoms with Crippen LogP contribution in [-0.2, 0) is 0 Å². The quantitative estimate of drug-likeness (QED) is 0.455. The molecule has 0 spiro atoms. The molecule has 0 unspecified atom stereocenters. The number of nitrogens with zero attached hydrogens (tertiary/aromatic N) is 3. The van der Waals surface area contributed by atoms with Crippen LogP contribution < -0.4 is 4.90 Å². The SMILES string of the molecule is O/N=C\c1ccc(N2CCCCC2)nc1. The summed E-state index contributed by atoms with van der Waals surface area (Å²) in [6.45, 7) is 2.20. The summed E-state index contributed by atoms with van der Waals surface area (Å²) >= 11 is 0. The van der Waals surface area contributed by atoms with Crippen molar-refractivity contribution in [3.8, 4) is 0 Å². The number of piperidine rings is 1. The molecular weight excluding hydrogens is 190 g/mol. The number of pyridine rings is 1. The van der Waals surface area contributed by atoms with Crippen LogP contribution in [0, 0.1) is 0 Å². The molecule has 1 fully saturated rings. The highest BCUT2D eigenvalue weighted by Crippen LogP contribution is 2.16. The molecule has 4 heteroatoms. The molecule has 1 aromatic rings. The van der Waals surface area contributed by atoms with Crippen LogP contribution in [0.5, 0.6) is 0 Å². The molecule has 1 aromatic heterocycles. The van der Waals surface area contributed by atoms with E-state index in [4.69, 9.17) is 5.21 Å². The second-order valence-electron chi connectivity index (χ2n) is 3.74. The van der Waals surface area contributed by atoms with Gasteiger partial charge in [0.25, 0.3) is 0 Å². The van der Waals surface area contributed by atoms with Crippen molar-refractivity contribution in [1.29, 1.82) is 0 Å². The molecule has 1 aliphatic rings. The predicted molar refractivity (Wildman–Crippen MR) is 59.7 cm³/mol. The van der Waals surface area contributed by atoms with Gasteiger partial charge >= 0.3 is 0 Å². The fourth-order valence-electron chi connectivity index (χ4n) is 1.85. The van der Waals surface area contributed by atoms with Gasteiger partial charge in [-0.2, -0.15) is 0 Å². The van der Waals surface area contributed by atoms with Crippen LogP contribution in [0.15, 0.2) is 23.5 Å². The molecule has 80 valence electrons. The summed E-state index contributed by atoms with van der Waals surface area (Å²) in [7, 11) is 0. The lowest BCUT2D eigenvalue weighted by Crippen LogP contribution is -2.30. The monoisotopic (exact) mass is 205 g/mol. The van der Waals surface area contributed by atoms with E-state index < -0.39 is 0 Å². The Morgan fingerprint density at radius 3 is 2.67 bits per heavy atom. The Kier molecular flexibility index (Phi) is 3.17. The first-order chi connectivity index (χ1) is 7.40. The minimum atomic E-state index is 0.818. The molecule has 0 atom stereocenters. The summed E-state index contributed by atoms with van der Waals surface area (Å²) in [5.41, 5.74) is 0.818. The molecule has 2 heterocycles. The van der Waals surface area contributed by atoms with Crippen LogP contribution in [0.4, 0.5) is 5.82 Å². The Balaban J connectivity index is 2.08. The fraction of sp³-hybridized carbons (Fsp3) is 0.455. The Hall–Kier alpha value is -1.58.